The average molecular weight is 427 g/mol. The van der Waals surface area contributed by atoms with E-state index in [0.29, 0.717) is 38.8 Å². The van der Waals surface area contributed by atoms with Gasteiger partial charge in [0.15, 0.2) is 17.2 Å². The van der Waals surface area contributed by atoms with Crippen molar-refractivity contribution in [3.63, 3.8) is 0 Å². The third-order valence-corrected chi connectivity index (χ3v) is 5.06. The highest BCUT2D eigenvalue weighted by atomic mass is 35.5. The molecule has 0 saturated heterocycles. The molecule has 7 nitrogen and oxygen atoms in total. The number of nitrogens with zero attached hydrogens (tertiary/aromatic N) is 3. The topological polar surface area (TPSA) is 94.1 Å². The minimum atomic E-state index is -0.196. The summed E-state index contributed by atoms with van der Waals surface area (Å²) in [5.74, 6) is 0.985. The summed E-state index contributed by atoms with van der Waals surface area (Å²) in [6.45, 7) is 1.90. The molecule has 0 radical (unpaired) electrons. The van der Waals surface area contributed by atoms with Crippen LogP contribution in [0.25, 0.3) is 22.9 Å². The van der Waals surface area contributed by atoms with Crippen molar-refractivity contribution in [1.29, 1.82) is 0 Å². The fourth-order valence-corrected chi connectivity index (χ4v) is 3.34. The minimum absolute atomic E-state index is 0.116. The van der Waals surface area contributed by atoms with Crippen LogP contribution in [0.1, 0.15) is 5.56 Å². The number of carbonyl (C=O) groups excluding carboxylic acids is 1. The number of furan rings is 2. The maximum atomic E-state index is 12.3. The second-order valence-corrected chi connectivity index (χ2v) is 7.42. The van der Waals surface area contributed by atoms with Crippen LogP contribution in [0.4, 0.5) is 5.69 Å². The fourth-order valence-electron chi connectivity index (χ4n) is 2.58. The van der Waals surface area contributed by atoms with Gasteiger partial charge in [0, 0.05) is 10.7 Å². The molecule has 29 heavy (non-hydrogen) atoms. The summed E-state index contributed by atoms with van der Waals surface area (Å²) in [6, 6.07) is 12.4. The summed E-state index contributed by atoms with van der Waals surface area (Å²) in [7, 11) is 0. The average Bonchev–Trinajstić information content (AvgIpc) is 3.43. The number of aryl methyl sites for hydroxylation is 1. The molecule has 0 aliphatic heterocycles. The van der Waals surface area contributed by atoms with Crippen LogP contribution in [0, 0.1) is 6.92 Å². The largest absolute Gasteiger partial charge is 0.463 e. The van der Waals surface area contributed by atoms with E-state index in [1.165, 1.54) is 11.8 Å². The third-order valence-electron chi connectivity index (χ3n) is 3.98. The van der Waals surface area contributed by atoms with Gasteiger partial charge in [0.25, 0.3) is 0 Å². The molecule has 0 bridgehead atoms. The molecule has 0 saturated carbocycles. The van der Waals surface area contributed by atoms with Crippen LogP contribution in [-0.4, -0.2) is 26.8 Å². The SMILES string of the molecule is Cc1ccc(Cl)cc1NC(=O)CSc1nnc(-c2ccco2)c(-c2ccco2)n1. The molecule has 3 heterocycles. The van der Waals surface area contributed by atoms with Crippen LogP contribution < -0.4 is 5.32 Å². The lowest BCUT2D eigenvalue weighted by molar-refractivity contribution is -0.113. The van der Waals surface area contributed by atoms with Crippen LogP contribution in [0.2, 0.25) is 5.02 Å². The van der Waals surface area contributed by atoms with E-state index in [1.807, 2.05) is 13.0 Å². The summed E-state index contributed by atoms with van der Waals surface area (Å²) in [6.07, 6.45) is 3.10. The third kappa shape index (κ3) is 4.49. The number of anilines is 1. The van der Waals surface area contributed by atoms with E-state index in [-0.39, 0.29) is 11.7 Å². The second kappa shape index (κ2) is 8.50. The van der Waals surface area contributed by atoms with E-state index in [1.54, 1.807) is 48.9 Å². The number of benzene rings is 1. The molecule has 3 aromatic heterocycles. The van der Waals surface area contributed by atoms with Crippen molar-refractivity contribution in [2.75, 3.05) is 11.1 Å². The van der Waals surface area contributed by atoms with E-state index >= 15 is 0 Å². The number of hydrogen-bond donors (Lipinski definition) is 1. The highest BCUT2D eigenvalue weighted by Crippen LogP contribution is 2.30. The number of carbonyl (C=O) groups is 1. The lowest BCUT2D eigenvalue weighted by Crippen LogP contribution is -2.15. The molecule has 0 aliphatic rings. The lowest BCUT2D eigenvalue weighted by Gasteiger charge is -2.09. The normalized spacial score (nSPS) is 10.8. The number of hydrogen-bond acceptors (Lipinski definition) is 7. The van der Waals surface area contributed by atoms with Crippen molar-refractivity contribution in [2.24, 2.45) is 0 Å². The molecule has 0 spiro atoms. The first-order valence-electron chi connectivity index (χ1n) is 8.61. The van der Waals surface area contributed by atoms with Crippen molar-refractivity contribution in [1.82, 2.24) is 15.2 Å². The van der Waals surface area contributed by atoms with Crippen LogP contribution in [-0.2, 0) is 4.79 Å². The maximum Gasteiger partial charge on any atom is 0.234 e. The van der Waals surface area contributed by atoms with Gasteiger partial charge in [0.1, 0.15) is 5.69 Å². The van der Waals surface area contributed by atoms with Gasteiger partial charge in [0.05, 0.1) is 18.3 Å². The molecule has 0 atom stereocenters. The maximum absolute atomic E-state index is 12.3. The number of amides is 1. The lowest BCUT2D eigenvalue weighted by atomic mass is 10.2. The molecule has 4 aromatic rings. The fraction of sp³-hybridized carbons (Fsp3) is 0.100. The molecule has 0 unspecified atom stereocenters. The number of aromatic nitrogens is 3. The Labute approximate surface area is 175 Å². The van der Waals surface area contributed by atoms with Crippen LogP contribution in [0.3, 0.4) is 0 Å². The zero-order valence-electron chi connectivity index (χ0n) is 15.3. The predicted octanol–water partition coefficient (Wildman–Crippen LogP) is 5.08. The molecule has 0 aliphatic carbocycles. The Balaban J connectivity index is 1.51. The Hall–Kier alpha value is -3.10. The number of halogens is 1. The van der Waals surface area contributed by atoms with Crippen molar-refractivity contribution < 1.29 is 13.6 Å². The molecular formula is C20H15ClN4O3S. The van der Waals surface area contributed by atoms with E-state index in [9.17, 15) is 4.79 Å². The first-order chi connectivity index (χ1) is 14.1. The van der Waals surface area contributed by atoms with E-state index in [4.69, 9.17) is 20.4 Å². The number of thioether (sulfide) groups is 1. The van der Waals surface area contributed by atoms with Gasteiger partial charge in [-0.2, -0.15) is 0 Å². The zero-order valence-corrected chi connectivity index (χ0v) is 16.8. The molecule has 1 aromatic carbocycles. The van der Waals surface area contributed by atoms with Crippen LogP contribution in [0.15, 0.2) is 69.0 Å². The molecule has 146 valence electrons. The van der Waals surface area contributed by atoms with Gasteiger partial charge in [-0.05, 0) is 48.9 Å². The van der Waals surface area contributed by atoms with Gasteiger partial charge >= 0.3 is 0 Å². The zero-order chi connectivity index (χ0) is 20.2. The second-order valence-electron chi connectivity index (χ2n) is 6.04. The first-order valence-corrected chi connectivity index (χ1v) is 9.98. The summed E-state index contributed by atoms with van der Waals surface area (Å²) in [5, 5.41) is 12.1. The van der Waals surface area contributed by atoms with Gasteiger partial charge in [-0.3, -0.25) is 4.79 Å². The minimum Gasteiger partial charge on any atom is -0.463 e. The van der Waals surface area contributed by atoms with E-state index in [2.05, 4.69) is 20.5 Å². The van der Waals surface area contributed by atoms with E-state index in [0.717, 1.165) is 5.56 Å². The Bertz CT molecular complexity index is 1130. The van der Waals surface area contributed by atoms with E-state index < -0.39 is 0 Å². The molecule has 4 rings (SSSR count). The van der Waals surface area contributed by atoms with Crippen molar-refractivity contribution in [2.45, 2.75) is 12.1 Å². The van der Waals surface area contributed by atoms with Gasteiger partial charge < -0.3 is 14.2 Å². The Kier molecular flexibility index (Phi) is 5.64. The standard InChI is InChI=1S/C20H15ClN4O3S/c1-12-6-7-13(21)10-14(12)22-17(26)11-29-20-23-18(15-4-2-8-27-15)19(24-25-20)16-5-3-9-28-16/h2-10H,11H2,1H3,(H,22,26). The summed E-state index contributed by atoms with van der Waals surface area (Å²) in [4.78, 5) is 16.8. The smallest absolute Gasteiger partial charge is 0.234 e. The van der Waals surface area contributed by atoms with Crippen molar-refractivity contribution >= 4 is 35.0 Å². The van der Waals surface area contributed by atoms with Gasteiger partial charge in [-0.1, -0.05) is 29.4 Å². The highest BCUT2D eigenvalue weighted by molar-refractivity contribution is 7.99. The molecule has 0 fully saturated rings. The molecule has 1 amide bonds. The monoisotopic (exact) mass is 426 g/mol. The molecule has 9 heteroatoms. The summed E-state index contributed by atoms with van der Waals surface area (Å²) in [5.41, 5.74) is 2.56. The molecular weight excluding hydrogens is 412 g/mol. The Morgan fingerprint density at radius 1 is 1.07 bits per heavy atom. The van der Waals surface area contributed by atoms with Gasteiger partial charge in [-0.25, -0.2) is 4.98 Å². The predicted molar refractivity (Wildman–Crippen MR) is 111 cm³/mol. The highest BCUT2D eigenvalue weighted by Gasteiger charge is 2.18. The van der Waals surface area contributed by atoms with Crippen LogP contribution in [0.5, 0.6) is 0 Å². The van der Waals surface area contributed by atoms with Crippen molar-refractivity contribution in [3.8, 4) is 22.9 Å². The van der Waals surface area contributed by atoms with Gasteiger partial charge in [-0.15, -0.1) is 10.2 Å². The number of nitrogens with one attached hydrogen (secondary N) is 1. The Morgan fingerprint density at radius 2 is 1.79 bits per heavy atom. The Morgan fingerprint density at radius 3 is 2.48 bits per heavy atom. The first kappa shape index (κ1) is 19.2. The van der Waals surface area contributed by atoms with Crippen molar-refractivity contribution in [3.05, 3.63) is 65.6 Å². The molecule has 1 N–H and O–H groups in total. The van der Waals surface area contributed by atoms with Crippen LogP contribution >= 0.6 is 23.4 Å². The van der Waals surface area contributed by atoms with Gasteiger partial charge in [0.2, 0.25) is 11.1 Å². The summed E-state index contributed by atoms with van der Waals surface area (Å²) < 4.78 is 10.9. The summed E-state index contributed by atoms with van der Waals surface area (Å²) >= 11 is 7.17. The quantitative estimate of drug-likeness (QED) is 0.429. The number of rotatable bonds is 6.